The van der Waals surface area contributed by atoms with Crippen molar-refractivity contribution in [2.75, 3.05) is 6.54 Å². The van der Waals surface area contributed by atoms with Crippen molar-refractivity contribution < 1.29 is 4.42 Å². The zero-order valence-corrected chi connectivity index (χ0v) is 11.9. The van der Waals surface area contributed by atoms with Crippen LogP contribution >= 0.6 is 0 Å². The van der Waals surface area contributed by atoms with Gasteiger partial charge in [-0.05, 0) is 49.2 Å². The molecule has 102 valence electrons. The normalized spacial score (nSPS) is 12.6. The van der Waals surface area contributed by atoms with E-state index in [0.29, 0.717) is 0 Å². The largest absolute Gasteiger partial charge is 0.464 e. The van der Waals surface area contributed by atoms with Crippen LogP contribution < -0.4 is 5.32 Å². The summed E-state index contributed by atoms with van der Waals surface area (Å²) in [6, 6.07) is 6.26. The Kier molecular flexibility index (Phi) is 4.74. The predicted molar refractivity (Wildman–Crippen MR) is 77.2 cm³/mol. The fourth-order valence-electron chi connectivity index (χ4n) is 2.17. The molecule has 0 saturated carbocycles. The van der Waals surface area contributed by atoms with Gasteiger partial charge in [0.2, 0.25) is 0 Å². The van der Waals surface area contributed by atoms with Gasteiger partial charge in [-0.15, -0.1) is 0 Å². The molecule has 3 nitrogen and oxygen atoms in total. The highest BCUT2D eigenvalue weighted by Crippen LogP contribution is 2.26. The maximum absolute atomic E-state index is 5.91. The summed E-state index contributed by atoms with van der Waals surface area (Å²) < 4.78 is 5.91. The fourth-order valence-corrected chi connectivity index (χ4v) is 2.17. The molecule has 2 aromatic heterocycles. The smallest absolute Gasteiger partial charge is 0.125 e. The highest BCUT2D eigenvalue weighted by molar-refractivity contribution is 5.31. The van der Waals surface area contributed by atoms with Crippen molar-refractivity contribution in [2.24, 2.45) is 0 Å². The third-order valence-corrected chi connectivity index (χ3v) is 3.30. The number of furan rings is 1. The Balaban J connectivity index is 2.32. The lowest BCUT2D eigenvalue weighted by molar-refractivity contribution is 0.421. The minimum absolute atomic E-state index is 0.0916. The van der Waals surface area contributed by atoms with Crippen molar-refractivity contribution in [3.8, 4) is 0 Å². The number of pyridine rings is 1. The Labute approximate surface area is 115 Å². The monoisotopic (exact) mass is 258 g/mol. The lowest BCUT2D eigenvalue weighted by Crippen LogP contribution is -2.23. The molecule has 2 heterocycles. The molecule has 0 aliphatic carbocycles. The number of hydrogen-bond acceptors (Lipinski definition) is 3. The first-order valence-electron chi connectivity index (χ1n) is 6.98. The van der Waals surface area contributed by atoms with Gasteiger partial charge in [0.1, 0.15) is 11.5 Å². The van der Waals surface area contributed by atoms with Gasteiger partial charge >= 0.3 is 0 Å². The number of nitrogens with zero attached hydrogens (tertiary/aromatic N) is 1. The van der Waals surface area contributed by atoms with E-state index < -0.39 is 0 Å². The standard InChI is InChI=1S/C16H22N2O/c1-4-9-18-16(14-11-17-10-8-12(14)3)15-7-6-13(5-2)19-15/h6-8,10-11,16,18H,4-5,9H2,1-3H3. The molecule has 0 saturated heterocycles. The van der Waals surface area contributed by atoms with Crippen LogP contribution in [0.5, 0.6) is 0 Å². The highest BCUT2D eigenvalue weighted by atomic mass is 16.3. The van der Waals surface area contributed by atoms with Gasteiger partial charge in [-0.1, -0.05) is 13.8 Å². The van der Waals surface area contributed by atoms with Crippen LogP contribution in [0.2, 0.25) is 0 Å². The van der Waals surface area contributed by atoms with Crippen molar-refractivity contribution in [2.45, 2.75) is 39.7 Å². The molecule has 1 atom stereocenters. The van der Waals surface area contributed by atoms with Crippen molar-refractivity contribution in [3.63, 3.8) is 0 Å². The summed E-state index contributed by atoms with van der Waals surface area (Å²) in [4.78, 5) is 4.25. The van der Waals surface area contributed by atoms with Gasteiger partial charge in [-0.2, -0.15) is 0 Å². The Morgan fingerprint density at radius 1 is 1.26 bits per heavy atom. The van der Waals surface area contributed by atoms with Crippen LogP contribution in [0.3, 0.4) is 0 Å². The quantitative estimate of drug-likeness (QED) is 0.859. The van der Waals surface area contributed by atoms with E-state index >= 15 is 0 Å². The zero-order chi connectivity index (χ0) is 13.7. The zero-order valence-electron chi connectivity index (χ0n) is 11.9. The first kappa shape index (κ1) is 13.8. The molecule has 2 rings (SSSR count). The summed E-state index contributed by atoms with van der Waals surface area (Å²) in [5.74, 6) is 2.00. The topological polar surface area (TPSA) is 38.1 Å². The number of hydrogen-bond donors (Lipinski definition) is 1. The van der Waals surface area contributed by atoms with Gasteiger partial charge in [-0.3, -0.25) is 4.98 Å². The average molecular weight is 258 g/mol. The molecular formula is C16H22N2O. The van der Waals surface area contributed by atoms with E-state index in [9.17, 15) is 0 Å². The molecule has 0 spiro atoms. The van der Waals surface area contributed by atoms with E-state index in [1.807, 2.05) is 18.5 Å². The predicted octanol–water partition coefficient (Wildman–Crippen LogP) is 3.63. The van der Waals surface area contributed by atoms with Gasteiger partial charge in [0.05, 0.1) is 6.04 Å². The second-order valence-electron chi connectivity index (χ2n) is 4.78. The molecule has 1 N–H and O–H groups in total. The van der Waals surface area contributed by atoms with Crippen molar-refractivity contribution in [3.05, 3.63) is 53.2 Å². The SMILES string of the molecule is CCCNC(c1ccc(CC)o1)c1cnccc1C. The summed E-state index contributed by atoms with van der Waals surface area (Å²) in [7, 11) is 0. The van der Waals surface area contributed by atoms with Crippen molar-refractivity contribution in [1.82, 2.24) is 10.3 Å². The maximum Gasteiger partial charge on any atom is 0.125 e. The van der Waals surface area contributed by atoms with Gasteiger partial charge in [-0.25, -0.2) is 0 Å². The van der Waals surface area contributed by atoms with Crippen LogP contribution in [0, 0.1) is 6.92 Å². The van der Waals surface area contributed by atoms with Crippen LogP contribution in [0.4, 0.5) is 0 Å². The molecule has 0 radical (unpaired) electrons. The van der Waals surface area contributed by atoms with E-state index in [2.05, 4.69) is 43.2 Å². The van der Waals surface area contributed by atoms with E-state index in [0.717, 1.165) is 30.9 Å². The number of nitrogens with one attached hydrogen (secondary N) is 1. The number of aryl methyl sites for hydroxylation is 2. The van der Waals surface area contributed by atoms with E-state index in [1.54, 1.807) is 0 Å². The first-order chi connectivity index (χ1) is 9.26. The number of aromatic nitrogens is 1. The molecule has 3 heteroatoms. The van der Waals surface area contributed by atoms with Crippen LogP contribution in [0.1, 0.15) is 49.0 Å². The summed E-state index contributed by atoms with van der Waals surface area (Å²) >= 11 is 0. The lowest BCUT2D eigenvalue weighted by Gasteiger charge is -2.18. The Bertz CT molecular complexity index is 519. The first-order valence-corrected chi connectivity index (χ1v) is 6.98. The van der Waals surface area contributed by atoms with Crippen molar-refractivity contribution >= 4 is 0 Å². The van der Waals surface area contributed by atoms with E-state index in [-0.39, 0.29) is 6.04 Å². The van der Waals surface area contributed by atoms with Gasteiger partial charge < -0.3 is 9.73 Å². The third-order valence-electron chi connectivity index (χ3n) is 3.30. The van der Waals surface area contributed by atoms with Crippen molar-refractivity contribution in [1.29, 1.82) is 0 Å². The molecular weight excluding hydrogens is 236 g/mol. The van der Waals surface area contributed by atoms with E-state index in [4.69, 9.17) is 4.42 Å². The summed E-state index contributed by atoms with van der Waals surface area (Å²) in [5.41, 5.74) is 2.42. The summed E-state index contributed by atoms with van der Waals surface area (Å²) in [5, 5.41) is 3.55. The molecule has 0 fully saturated rings. The van der Waals surface area contributed by atoms with Crippen LogP contribution in [-0.2, 0) is 6.42 Å². The Morgan fingerprint density at radius 3 is 2.74 bits per heavy atom. The molecule has 0 aliphatic heterocycles. The molecule has 19 heavy (non-hydrogen) atoms. The summed E-state index contributed by atoms with van der Waals surface area (Å²) in [6.07, 6.45) is 5.77. The summed E-state index contributed by atoms with van der Waals surface area (Å²) in [6.45, 7) is 7.34. The number of rotatable bonds is 6. The molecule has 0 aromatic carbocycles. The third kappa shape index (κ3) is 3.24. The molecule has 0 aliphatic rings. The lowest BCUT2D eigenvalue weighted by atomic mass is 10.0. The van der Waals surface area contributed by atoms with Crippen LogP contribution in [0.15, 0.2) is 35.0 Å². The Morgan fingerprint density at radius 2 is 2.11 bits per heavy atom. The minimum Gasteiger partial charge on any atom is -0.464 e. The van der Waals surface area contributed by atoms with Gasteiger partial charge in [0.25, 0.3) is 0 Å². The maximum atomic E-state index is 5.91. The molecule has 0 bridgehead atoms. The van der Waals surface area contributed by atoms with E-state index in [1.165, 1.54) is 11.1 Å². The van der Waals surface area contributed by atoms with Gasteiger partial charge in [0.15, 0.2) is 0 Å². The van der Waals surface area contributed by atoms with Crippen LogP contribution in [0.25, 0.3) is 0 Å². The second-order valence-corrected chi connectivity index (χ2v) is 4.78. The Hall–Kier alpha value is -1.61. The van der Waals surface area contributed by atoms with Gasteiger partial charge in [0, 0.05) is 18.8 Å². The fraction of sp³-hybridized carbons (Fsp3) is 0.438. The second kappa shape index (κ2) is 6.53. The van der Waals surface area contributed by atoms with Crippen LogP contribution in [-0.4, -0.2) is 11.5 Å². The molecule has 2 aromatic rings. The average Bonchev–Trinajstić information content (AvgIpc) is 2.90. The minimum atomic E-state index is 0.0916. The molecule has 1 unspecified atom stereocenters. The highest BCUT2D eigenvalue weighted by Gasteiger charge is 2.19. The molecule has 0 amide bonds.